The summed E-state index contributed by atoms with van der Waals surface area (Å²) >= 11 is 13.3. The quantitative estimate of drug-likeness (QED) is 0.320. The second-order valence-corrected chi connectivity index (χ2v) is 9.94. The number of hydrogen-bond acceptors (Lipinski definition) is 6. The first-order valence-corrected chi connectivity index (χ1v) is 12.7. The molecule has 5 rings (SSSR count). The van der Waals surface area contributed by atoms with E-state index in [1.165, 1.54) is 15.9 Å². The molecule has 0 saturated heterocycles. The van der Waals surface area contributed by atoms with Crippen LogP contribution in [0.25, 0.3) is 17.4 Å². The molecule has 0 aliphatic carbocycles. The molecule has 0 saturated carbocycles. The van der Waals surface area contributed by atoms with E-state index in [2.05, 4.69) is 4.99 Å². The fourth-order valence-electron chi connectivity index (χ4n) is 4.08. The topological polar surface area (TPSA) is 73.8 Å². The number of esters is 1. The summed E-state index contributed by atoms with van der Waals surface area (Å²) < 4.78 is 13.2. The Labute approximate surface area is 220 Å². The van der Waals surface area contributed by atoms with Crippen LogP contribution in [0.1, 0.15) is 31.2 Å². The van der Waals surface area contributed by atoms with E-state index in [4.69, 9.17) is 32.4 Å². The summed E-state index contributed by atoms with van der Waals surface area (Å²) in [5.41, 5.74) is 2.15. The summed E-state index contributed by atoms with van der Waals surface area (Å²) in [7, 11) is 0. The summed E-state index contributed by atoms with van der Waals surface area (Å²) in [4.78, 5) is 31.6. The number of hydrogen-bond donors (Lipinski definition) is 0. The third-order valence-corrected chi connectivity index (χ3v) is 7.22. The van der Waals surface area contributed by atoms with Crippen LogP contribution in [0.2, 0.25) is 10.0 Å². The van der Waals surface area contributed by atoms with Gasteiger partial charge in [-0.15, -0.1) is 0 Å². The van der Waals surface area contributed by atoms with Crippen molar-refractivity contribution in [2.45, 2.75) is 19.9 Å². The summed E-state index contributed by atoms with van der Waals surface area (Å²) in [5, 5.41) is 1.19. The van der Waals surface area contributed by atoms with Crippen LogP contribution >= 0.6 is 34.5 Å². The van der Waals surface area contributed by atoms with Crippen molar-refractivity contribution >= 4 is 46.6 Å². The van der Waals surface area contributed by atoms with Gasteiger partial charge in [0.2, 0.25) is 0 Å². The van der Waals surface area contributed by atoms with E-state index < -0.39 is 12.0 Å². The standard InChI is InChI=1S/C27H20Cl2N2O4S/c1-3-34-26(33)23-15(2)30-27-31(24(23)17-6-10-19(29)11-7-17)25(32)22(36-27)14-20-12-13-21(35-20)16-4-8-18(28)9-5-16/h4-14,24H,3H2,1-2H3/b22-14+/t24-/m0/s1. The Morgan fingerprint density at radius 3 is 2.42 bits per heavy atom. The van der Waals surface area contributed by atoms with Crippen molar-refractivity contribution in [2.75, 3.05) is 6.61 Å². The Kier molecular flexibility index (Phi) is 6.71. The second-order valence-electron chi connectivity index (χ2n) is 8.06. The Morgan fingerprint density at radius 1 is 1.08 bits per heavy atom. The lowest BCUT2D eigenvalue weighted by atomic mass is 9.96. The highest BCUT2D eigenvalue weighted by molar-refractivity contribution is 7.07. The van der Waals surface area contributed by atoms with Crippen LogP contribution in [0.5, 0.6) is 0 Å². The van der Waals surface area contributed by atoms with E-state index in [1.54, 1.807) is 62.4 Å². The number of allylic oxidation sites excluding steroid dienone is 1. The zero-order valence-electron chi connectivity index (χ0n) is 19.3. The van der Waals surface area contributed by atoms with Gasteiger partial charge in [0.25, 0.3) is 5.56 Å². The van der Waals surface area contributed by atoms with Crippen LogP contribution < -0.4 is 14.9 Å². The maximum absolute atomic E-state index is 13.6. The first-order valence-electron chi connectivity index (χ1n) is 11.2. The molecule has 0 amide bonds. The van der Waals surface area contributed by atoms with Crippen LogP contribution in [-0.2, 0) is 9.53 Å². The summed E-state index contributed by atoms with van der Waals surface area (Å²) in [6.07, 6.45) is 1.69. The van der Waals surface area contributed by atoms with Gasteiger partial charge in [0.1, 0.15) is 11.5 Å². The van der Waals surface area contributed by atoms with Crippen LogP contribution in [0.4, 0.5) is 0 Å². The normalized spacial score (nSPS) is 15.6. The molecule has 0 spiro atoms. The number of thiazole rings is 1. The van der Waals surface area contributed by atoms with Crippen LogP contribution in [0.15, 0.2) is 86.1 Å². The molecular weight excluding hydrogens is 519 g/mol. The summed E-state index contributed by atoms with van der Waals surface area (Å²) in [6.45, 7) is 3.70. The first-order chi connectivity index (χ1) is 17.4. The van der Waals surface area contributed by atoms with Gasteiger partial charge in [-0.25, -0.2) is 9.79 Å². The minimum atomic E-state index is -0.694. The molecule has 9 heteroatoms. The molecular formula is C27H20Cl2N2O4S. The second kappa shape index (κ2) is 9.93. The molecule has 0 bridgehead atoms. The monoisotopic (exact) mass is 538 g/mol. The lowest BCUT2D eigenvalue weighted by Gasteiger charge is -2.24. The van der Waals surface area contributed by atoms with Crippen molar-refractivity contribution in [3.05, 3.63) is 113 Å². The lowest BCUT2D eigenvalue weighted by molar-refractivity contribution is -0.139. The molecule has 0 N–H and O–H groups in total. The number of fused-ring (bicyclic) bond motifs is 1. The molecule has 1 aliphatic rings. The zero-order chi connectivity index (χ0) is 25.4. The minimum Gasteiger partial charge on any atom is -0.463 e. The van der Waals surface area contributed by atoms with Gasteiger partial charge in [0.15, 0.2) is 4.80 Å². The number of carbonyl (C=O) groups is 1. The summed E-state index contributed by atoms with van der Waals surface area (Å²) in [5.74, 6) is 0.673. The van der Waals surface area contributed by atoms with Gasteiger partial charge >= 0.3 is 5.97 Å². The Morgan fingerprint density at radius 2 is 1.75 bits per heavy atom. The molecule has 0 radical (unpaired) electrons. The number of carbonyl (C=O) groups excluding carboxylic acids is 1. The smallest absolute Gasteiger partial charge is 0.338 e. The predicted molar refractivity (Wildman–Crippen MR) is 141 cm³/mol. The molecule has 3 heterocycles. The van der Waals surface area contributed by atoms with Crippen molar-refractivity contribution in [2.24, 2.45) is 4.99 Å². The van der Waals surface area contributed by atoms with Crippen LogP contribution in [-0.4, -0.2) is 17.1 Å². The molecule has 1 atom stereocenters. The van der Waals surface area contributed by atoms with Crippen molar-refractivity contribution in [3.8, 4) is 11.3 Å². The highest BCUT2D eigenvalue weighted by atomic mass is 35.5. The van der Waals surface area contributed by atoms with Crippen LogP contribution in [0, 0.1) is 0 Å². The van der Waals surface area contributed by atoms with E-state index in [-0.39, 0.29) is 12.2 Å². The van der Waals surface area contributed by atoms with E-state index >= 15 is 0 Å². The molecule has 182 valence electrons. The zero-order valence-corrected chi connectivity index (χ0v) is 21.7. The first kappa shape index (κ1) is 24.3. The molecule has 2 aromatic heterocycles. The number of ether oxygens (including phenoxy) is 1. The van der Waals surface area contributed by atoms with Crippen LogP contribution in [0.3, 0.4) is 0 Å². The fraction of sp³-hybridized carbons (Fsp3) is 0.148. The summed E-state index contributed by atoms with van der Waals surface area (Å²) in [6, 6.07) is 17.3. The predicted octanol–water partition coefficient (Wildman–Crippen LogP) is 5.37. The number of aromatic nitrogens is 1. The highest BCUT2D eigenvalue weighted by Crippen LogP contribution is 2.31. The van der Waals surface area contributed by atoms with Gasteiger partial charge in [0, 0.05) is 21.7 Å². The highest BCUT2D eigenvalue weighted by Gasteiger charge is 2.33. The SMILES string of the molecule is CCOC(=O)C1=C(C)N=c2s/c(=C/c3ccc(-c4ccc(Cl)cc4)o3)c(=O)n2[C@H]1c1ccc(Cl)cc1. The molecule has 2 aromatic carbocycles. The molecule has 1 aliphatic heterocycles. The molecule has 6 nitrogen and oxygen atoms in total. The van der Waals surface area contributed by atoms with Crippen molar-refractivity contribution in [1.29, 1.82) is 0 Å². The van der Waals surface area contributed by atoms with Gasteiger partial charge < -0.3 is 9.15 Å². The van der Waals surface area contributed by atoms with Gasteiger partial charge in [0.05, 0.1) is 28.5 Å². The largest absolute Gasteiger partial charge is 0.463 e. The third kappa shape index (κ3) is 4.57. The molecule has 36 heavy (non-hydrogen) atoms. The Hall–Kier alpha value is -3.39. The average molecular weight is 539 g/mol. The van der Waals surface area contributed by atoms with E-state index in [0.29, 0.717) is 42.2 Å². The molecule has 4 aromatic rings. The van der Waals surface area contributed by atoms with Crippen molar-refractivity contribution in [1.82, 2.24) is 4.57 Å². The van der Waals surface area contributed by atoms with Crippen molar-refractivity contribution < 1.29 is 13.9 Å². The number of halogens is 2. The average Bonchev–Trinajstić information content (AvgIpc) is 3.44. The molecule has 0 unspecified atom stereocenters. The van der Waals surface area contributed by atoms with Gasteiger partial charge in [-0.1, -0.05) is 46.7 Å². The maximum Gasteiger partial charge on any atom is 0.338 e. The number of rotatable bonds is 5. The fourth-order valence-corrected chi connectivity index (χ4v) is 5.36. The van der Waals surface area contributed by atoms with Gasteiger partial charge in [-0.3, -0.25) is 9.36 Å². The Balaban J connectivity index is 1.63. The minimum absolute atomic E-state index is 0.210. The lowest BCUT2D eigenvalue weighted by Crippen LogP contribution is -2.39. The van der Waals surface area contributed by atoms with Gasteiger partial charge in [-0.2, -0.15) is 0 Å². The van der Waals surface area contributed by atoms with Gasteiger partial charge in [-0.05, 0) is 67.9 Å². The third-order valence-electron chi connectivity index (χ3n) is 5.73. The van der Waals surface area contributed by atoms with E-state index in [0.717, 1.165) is 11.1 Å². The Bertz CT molecular complexity index is 1660. The van der Waals surface area contributed by atoms with E-state index in [9.17, 15) is 9.59 Å². The maximum atomic E-state index is 13.6. The molecule has 0 fully saturated rings. The number of benzene rings is 2. The number of nitrogens with zero attached hydrogens (tertiary/aromatic N) is 2. The number of furan rings is 1. The van der Waals surface area contributed by atoms with E-state index in [1.807, 2.05) is 18.2 Å². The van der Waals surface area contributed by atoms with Crippen molar-refractivity contribution in [3.63, 3.8) is 0 Å².